The quantitative estimate of drug-likeness (QED) is 0.495. The summed E-state index contributed by atoms with van der Waals surface area (Å²) in [6.45, 7) is 17.4. The minimum Gasteiger partial charge on any atom is -0.507 e. The van der Waals surface area contributed by atoms with Crippen molar-refractivity contribution in [2.24, 2.45) is 5.10 Å². The normalized spacial score (nSPS) is 16.2. The summed E-state index contributed by atoms with van der Waals surface area (Å²) in [7, 11) is 0. The van der Waals surface area contributed by atoms with Crippen molar-refractivity contribution in [1.82, 2.24) is 15.2 Å². The topological polar surface area (TPSA) is 68.2 Å². The lowest BCUT2D eigenvalue weighted by atomic mass is 9.78. The van der Waals surface area contributed by atoms with Crippen molar-refractivity contribution in [3.8, 4) is 5.75 Å². The van der Waals surface area contributed by atoms with Crippen molar-refractivity contribution in [3.63, 3.8) is 0 Å². The molecule has 34 heavy (non-hydrogen) atoms. The first-order valence-electron chi connectivity index (χ1n) is 12.1. The molecule has 0 radical (unpaired) electrons. The Morgan fingerprint density at radius 2 is 1.47 bits per heavy atom. The van der Waals surface area contributed by atoms with Gasteiger partial charge in [0.2, 0.25) is 0 Å². The summed E-state index contributed by atoms with van der Waals surface area (Å²) in [6.07, 6.45) is 1.67. The van der Waals surface area contributed by atoms with Gasteiger partial charge in [-0.05, 0) is 34.1 Å². The number of piperazine rings is 1. The van der Waals surface area contributed by atoms with Gasteiger partial charge in [0, 0.05) is 43.9 Å². The summed E-state index contributed by atoms with van der Waals surface area (Å²) in [6, 6.07) is 14.4. The number of phenols is 1. The minimum atomic E-state index is -0.208. The van der Waals surface area contributed by atoms with Gasteiger partial charge in [0.25, 0.3) is 5.91 Å². The number of nitrogens with one attached hydrogen (secondary N) is 1. The third-order valence-corrected chi connectivity index (χ3v) is 6.23. The maximum absolute atomic E-state index is 12.5. The predicted octanol–water partition coefficient (Wildman–Crippen LogP) is 4.26. The van der Waals surface area contributed by atoms with E-state index in [4.69, 9.17) is 0 Å². The van der Waals surface area contributed by atoms with E-state index in [1.165, 1.54) is 5.56 Å². The number of rotatable bonds is 6. The predicted molar refractivity (Wildman–Crippen MR) is 139 cm³/mol. The molecule has 2 aromatic rings. The van der Waals surface area contributed by atoms with Crippen LogP contribution in [0.4, 0.5) is 0 Å². The van der Waals surface area contributed by atoms with Crippen LogP contribution >= 0.6 is 0 Å². The van der Waals surface area contributed by atoms with Crippen molar-refractivity contribution in [2.45, 2.75) is 58.9 Å². The Labute approximate surface area is 204 Å². The smallest absolute Gasteiger partial charge is 0.254 e. The first kappa shape index (κ1) is 25.9. The van der Waals surface area contributed by atoms with Crippen molar-refractivity contribution in [3.05, 3.63) is 64.7 Å². The fourth-order valence-electron chi connectivity index (χ4n) is 4.24. The standard InChI is InChI=1S/C28H40N4O2/c1-27(2,3)23-16-22(17-24(26(23)34)28(4,5)6)18-29-30-25(33)20-32-14-12-31(13-15-32)19-21-10-8-7-9-11-21/h7-11,16-18,34H,12-15,19-20H2,1-6H3,(H,30,33)/b29-18-. The lowest BCUT2D eigenvalue weighted by Gasteiger charge is -2.34. The summed E-state index contributed by atoms with van der Waals surface area (Å²) < 4.78 is 0. The summed E-state index contributed by atoms with van der Waals surface area (Å²) in [5.74, 6) is 0.228. The van der Waals surface area contributed by atoms with Gasteiger partial charge in [-0.25, -0.2) is 5.43 Å². The van der Waals surface area contributed by atoms with Gasteiger partial charge in [-0.3, -0.25) is 14.6 Å². The van der Waals surface area contributed by atoms with Crippen LogP contribution in [0.1, 0.15) is 63.8 Å². The molecule has 1 amide bonds. The zero-order valence-electron chi connectivity index (χ0n) is 21.6. The molecule has 2 aromatic carbocycles. The molecule has 0 aromatic heterocycles. The van der Waals surface area contributed by atoms with Crippen molar-refractivity contribution in [1.29, 1.82) is 0 Å². The molecule has 1 fully saturated rings. The number of hydrazone groups is 1. The molecular weight excluding hydrogens is 424 g/mol. The average molecular weight is 465 g/mol. The summed E-state index contributed by atoms with van der Waals surface area (Å²) in [4.78, 5) is 17.1. The first-order chi connectivity index (χ1) is 15.9. The van der Waals surface area contributed by atoms with Crippen LogP contribution in [0.3, 0.4) is 0 Å². The van der Waals surface area contributed by atoms with E-state index in [1.807, 2.05) is 18.2 Å². The molecule has 1 heterocycles. The second-order valence-corrected chi connectivity index (χ2v) is 11.3. The van der Waals surface area contributed by atoms with Gasteiger partial charge in [0.15, 0.2) is 0 Å². The Morgan fingerprint density at radius 1 is 0.941 bits per heavy atom. The third-order valence-electron chi connectivity index (χ3n) is 6.23. The molecule has 2 N–H and O–H groups in total. The zero-order valence-corrected chi connectivity index (χ0v) is 21.6. The fraction of sp³-hybridized carbons (Fsp3) is 0.500. The van der Waals surface area contributed by atoms with Crippen molar-refractivity contribution < 1.29 is 9.90 Å². The molecule has 1 aliphatic rings. The Kier molecular flexibility index (Phi) is 8.16. The highest BCUT2D eigenvalue weighted by molar-refractivity contribution is 5.84. The third kappa shape index (κ3) is 7.15. The second-order valence-electron chi connectivity index (χ2n) is 11.3. The highest BCUT2D eigenvalue weighted by atomic mass is 16.3. The maximum atomic E-state index is 12.5. The summed E-state index contributed by atoms with van der Waals surface area (Å²) >= 11 is 0. The molecule has 0 atom stereocenters. The molecule has 0 unspecified atom stereocenters. The van der Waals surface area contributed by atoms with Crippen LogP contribution in [0.5, 0.6) is 5.75 Å². The van der Waals surface area contributed by atoms with Crippen LogP contribution in [0.2, 0.25) is 0 Å². The van der Waals surface area contributed by atoms with E-state index >= 15 is 0 Å². The Bertz CT molecular complexity index is 960. The number of amides is 1. The molecule has 6 nitrogen and oxygen atoms in total. The monoisotopic (exact) mass is 464 g/mol. The van der Waals surface area contributed by atoms with Crippen LogP contribution in [-0.2, 0) is 22.2 Å². The molecule has 0 aliphatic carbocycles. The van der Waals surface area contributed by atoms with Gasteiger partial charge >= 0.3 is 0 Å². The molecule has 0 saturated carbocycles. The van der Waals surface area contributed by atoms with E-state index in [2.05, 4.69) is 86.1 Å². The molecule has 1 aliphatic heterocycles. The molecule has 0 bridgehead atoms. The van der Waals surface area contributed by atoms with Crippen LogP contribution in [-0.4, -0.2) is 59.8 Å². The zero-order chi connectivity index (χ0) is 24.9. The second kappa shape index (κ2) is 10.7. The number of hydrogen-bond donors (Lipinski definition) is 2. The number of benzene rings is 2. The average Bonchev–Trinajstić information content (AvgIpc) is 2.75. The number of carbonyl (C=O) groups excluding carboxylic acids is 1. The fourth-order valence-corrected chi connectivity index (χ4v) is 4.24. The van der Waals surface area contributed by atoms with Gasteiger partial charge in [0.1, 0.15) is 5.75 Å². The van der Waals surface area contributed by atoms with Gasteiger partial charge in [-0.1, -0.05) is 71.9 Å². The van der Waals surface area contributed by atoms with Gasteiger partial charge in [-0.2, -0.15) is 5.10 Å². The minimum absolute atomic E-state index is 0.112. The highest BCUT2D eigenvalue weighted by Crippen LogP contribution is 2.39. The molecule has 0 spiro atoms. The van der Waals surface area contributed by atoms with Gasteiger partial charge in [-0.15, -0.1) is 0 Å². The lowest BCUT2D eigenvalue weighted by Crippen LogP contribution is -2.48. The van der Waals surface area contributed by atoms with E-state index < -0.39 is 0 Å². The van der Waals surface area contributed by atoms with E-state index in [0.29, 0.717) is 12.3 Å². The number of aromatic hydroxyl groups is 1. The van der Waals surface area contributed by atoms with Crippen LogP contribution < -0.4 is 5.43 Å². The number of nitrogens with zero attached hydrogens (tertiary/aromatic N) is 3. The molecule has 6 heteroatoms. The number of hydrogen-bond acceptors (Lipinski definition) is 5. The Morgan fingerprint density at radius 3 is 2.00 bits per heavy atom. The summed E-state index contributed by atoms with van der Waals surface area (Å²) in [5, 5.41) is 15.1. The Hall–Kier alpha value is -2.70. The molecule has 1 saturated heterocycles. The van der Waals surface area contributed by atoms with Crippen molar-refractivity contribution >= 4 is 12.1 Å². The van der Waals surface area contributed by atoms with E-state index in [9.17, 15) is 9.90 Å². The first-order valence-corrected chi connectivity index (χ1v) is 12.1. The van der Waals surface area contributed by atoms with Crippen molar-refractivity contribution in [2.75, 3.05) is 32.7 Å². The lowest BCUT2D eigenvalue weighted by molar-refractivity contribution is -0.122. The van der Waals surface area contributed by atoms with Gasteiger partial charge < -0.3 is 5.11 Å². The molecule has 184 valence electrons. The largest absolute Gasteiger partial charge is 0.507 e. The van der Waals surface area contributed by atoms with Gasteiger partial charge in [0.05, 0.1) is 12.8 Å². The van der Waals surface area contributed by atoms with E-state index in [-0.39, 0.29) is 16.7 Å². The maximum Gasteiger partial charge on any atom is 0.254 e. The number of phenolic OH excluding ortho intramolecular Hbond substituents is 1. The van der Waals surface area contributed by atoms with Crippen LogP contribution in [0.25, 0.3) is 0 Å². The SMILES string of the molecule is CC(C)(C)c1cc(/C=N\NC(=O)CN2CCN(Cc3ccccc3)CC2)cc(C(C)(C)C)c1O. The molecular formula is C28H40N4O2. The van der Waals surface area contributed by atoms with E-state index in [1.54, 1.807) is 6.21 Å². The van der Waals surface area contributed by atoms with E-state index in [0.717, 1.165) is 49.4 Å². The Balaban J connectivity index is 1.55. The van der Waals surface area contributed by atoms with Crippen LogP contribution in [0.15, 0.2) is 47.6 Å². The molecule has 3 rings (SSSR count). The highest BCUT2D eigenvalue weighted by Gasteiger charge is 2.26. The van der Waals surface area contributed by atoms with Crippen LogP contribution in [0, 0.1) is 0 Å². The summed E-state index contributed by atoms with van der Waals surface area (Å²) in [5.41, 5.74) is 6.19. The number of carbonyl (C=O) groups is 1.